The molecule has 33 heavy (non-hydrogen) atoms. The van der Waals surface area contributed by atoms with Gasteiger partial charge in [-0.25, -0.2) is 0 Å². The molecule has 0 spiro atoms. The van der Waals surface area contributed by atoms with Crippen molar-refractivity contribution in [2.45, 2.75) is 20.4 Å². The van der Waals surface area contributed by atoms with Crippen LogP contribution in [-0.4, -0.2) is 10.5 Å². The number of fused-ring (bicyclic) bond motifs is 1. The number of nitrogens with zero attached hydrogens (tertiary/aromatic N) is 2. The zero-order chi connectivity index (χ0) is 23.5. The third-order valence-corrected chi connectivity index (χ3v) is 6.07. The van der Waals surface area contributed by atoms with Gasteiger partial charge in [0.05, 0.1) is 0 Å². The Kier molecular flexibility index (Phi) is 6.55. The van der Waals surface area contributed by atoms with Crippen molar-refractivity contribution in [2.24, 2.45) is 0 Å². The second-order valence-electron chi connectivity index (χ2n) is 7.91. The largest absolute Gasteiger partial charge is 0.342 e. The van der Waals surface area contributed by atoms with Gasteiger partial charge in [-0.05, 0) is 60.9 Å². The topological polar surface area (TPSA) is 57.8 Å². The molecule has 0 radical (unpaired) electrons. The number of benzene rings is 3. The van der Waals surface area contributed by atoms with E-state index in [1.807, 2.05) is 79.2 Å². The number of halogens is 2. The molecule has 0 atom stereocenters. The number of aromatic nitrogens is 1. The minimum absolute atomic E-state index is 0.0309. The number of nitriles is 1. The highest BCUT2D eigenvalue weighted by Crippen LogP contribution is 2.28. The molecule has 0 aliphatic heterocycles. The van der Waals surface area contributed by atoms with E-state index in [0.29, 0.717) is 22.3 Å². The van der Waals surface area contributed by atoms with Crippen LogP contribution in [0.1, 0.15) is 22.3 Å². The van der Waals surface area contributed by atoms with Crippen molar-refractivity contribution in [3.8, 4) is 6.07 Å². The first-order valence-electron chi connectivity index (χ1n) is 10.4. The van der Waals surface area contributed by atoms with E-state index in [1.165, 1.54) is 0 Å². The molecule has 0 bridgehead atoms. The summed E-state index contributed by atoms with van der Waals surface area (Å²) in [7, 11) is 0. The van der Waals surface area contributed by atoms with Crippen LogP contribution in [0.25, 0.3) is 17.0 Å². The Morgan fingerprint density at radius 2 is 1.88 bits per heavy atom. The first-order chi connectivity index (χ1) is 15.9. The van der Waals surface area contributed by atoms with Crippen molar-refractivity contribution in [2.75, 3.05) is 5.32 Å². The first-order valence-corrected chi connectivity index (χ1v) is 11.1. The molecule has 6 heteroatoms. The molecule has 1 amide bonds. The highest BCUT2D eigenvalue weighted by molar-refractivity contribution is 6.35. The number of amides is 1. The van der Waals surface area contributed by atoms with E-state index in [4.69, 9.17) is 23.2 Å². The van der Waals surface area contributed by atoms with Gasteiger partial charge >= 0.3 is 0 Å². The standard InChI is InChI=1S/C27H21Cl2N3O/c1-17-7-8-18(2)25(11-17)31-27(33)20(14-30)12-21-16-32(26-6-4-3-5-23(21)26)15-19-9-10-22(28)13-24(19)29/h3-13,16H,15H2,1-2H3,(H,31,33)/b20-12+. The summed E-state index contributed by atoms with van der Waals surface area (Å²) in [5, 5.41) is 14.7. The summed E-state index contributed by atoms with van der Waals surface area (Å²) in [5.41, 5.74) is 5.37. The molecule has 0 saturated heterocycles. The molecule has 0 saturated carbocycles. The van der Waals surface area contributed by atoms with Crippen LogP contribution in [0.3, 0.4) is 0 Å². The summed E-state index contributed by atoms with van der Waals surface area (Å²) in [6.07, 6.45) is 3.56. The SMILES string of the molecule is Cc1ccc(C)c(NC(=O)/C(C#N)=C/c2cn(Cc3ccc(Cl)cc3Cl)c3ccccc23)c1. The van der Waals surface area contributed by atoms with Crippen LogP contribution in [0.15, 0.2) is 72.4 Å². The van der Waals surface area contributed by atoms with Crippen LogP contribution < -0.4 is 5.32 Å². The number of hydrogen-bond donors (Lipinski definition) is 1. The van der Waals surface area contributed by atoms with Crippen molar-refractivity contribution in [3.63, 3.8) is 0 Å². The van der Waals surface area contributed by atoms with Gasteiger partial charge in [-0.3, -0.25) is 4.79 Å². The average molecular weight is 474 g/mol. The van der Waals surface area contributed by atoms with E-state index in [9.17, 15) is 10.1 Å². The Hall–Kier alpha value is -3.52. The molecule has 3 aromatic carbocycles. The van der Waals surface area contributed by atoms with E-state index in [2.05, 4.69) is 5.32 Å². The molecule has 1 N–H and O–H groups in total. The van der Waals surface area contributed by atoms with Gasteiger partial charge in [-0.15, -0.1) is 0 Å². The van der Waals surface area contributed by atoms with E-state index in [-0.39, 0.29) is 5.57 Å². The molecule has 0 aliphatic carbocycles. The molecular formula is C27H21Cl2N3O. The molecule has 4 aromatic rings. The lowest BCUT2D eigenvalue weighted by Gasteiger charge is -2.08. The molecule has 4 nitrogen and oxygen atoms in total. The molecule has 1 aromatic heterocycles. The van der Waals surface area contributed by atoms with Gasteiger partial charge in [0, 0.05) is 44.9 Å². The van der Waals surface area contributed by atoms with Crippen LogP contribution in [0.4, 0.5) is 5.69 Å². The van der Waals surface area contributed by atoms with Crippen molar-refractivity contribution in [1.82, 2.24) is 4.57 Å². The number of carbonyl (C=O) groups is 1. The normalized spacial score (nSPS) is 11.4. The van der Waals surface area contributed by atoms with Crippen molar-refractivity contribution < 1.29 is 4.79 Å². The zero-order valence-corrected chi connectivity index (χ0v) is 19.7. The van der Waals surface area contributed by atoms with Crippen molar-refractivity contribution >= 4 is 51.8 Å². The highest BCUT2D eigenvalue weighted by Gasteiger charge is 2.14. The predicted molar refractivity (Wildman–Crippen MR) is 136 cm³/mol. The highest BCUT2D eigenvalue weighted by atomic mass is 35.5. The summed E-state index contributed by atoms with van der Waals surface area (Å²) < 4.78 is 2.05. The fourth-order valence-electron chi connectivity index (χ4n) is 3.72. The lowest BCUT2D eigenvalue weighted by Crippen LogP contribution is -2.14. The minimum atomic E-state index is -0.441. The average Bonchev–Trinajstić information content (AvgIpc) is 3.13. The first kappa shape index (κ1) is 22.7. The summed E-state index contributed by atoms with van der Waals surface area (Å²) in [6.45, 7) is 4.40. The van der Waals surface area contributed by atoms with Gasteiger partial charge < -0.3 is 9.88 Å². The minimum Gasteiger partial charge on any atom is -0.342 e. The van der Waals surface area contributed by atoms with Crippen LogP contribution in [0.5, 0.6) is 0 Å². The number of rotatable bonds is 5. The number of nitrogens with one attached hydrogen (secondary N) is 1. The zero-order valence-electron chi connectivity index (χ0n) is 18.2. The molecule has 1 heterocycles. The third-order valence-electron chi connectivity index (χ3n) is 5.48. The summed E-state index contributed by atoms with van der Waals surface area (Å²) in [6, 6.07) is 21.1. The van der Waals surface area contributed by atoms with Crippen LogP contribution in [0, 0.1) is 25.2 Å². The van der Waals surface area contributed by atoms with Gasteiger partial charge in [0.15, 0.2) is 0 Å². The van der Waals surface area contributed by atoms with Crippen LogP contribution >= 0.6 is 23.2 Å². The number of aryl methyl sites for hydroxylation is 2. The lowest BCUT2D eigenvalue weighted by molar-refractivity contribution is -0.112. The van der Waals surface area contributed by atoms with Gasteiger partial charge in [0.1, 0.15) is 11.6 Å². The monoisotopic (exact) mass is 473 g/mol. The van der Waals surface area contributed by atoms with Crippen LogP contribution in [0.2, 0.25) is 10.0 Å². The van der Waals surface area contributed by atoms with E-state index in [0.717, 1.165) is 33.2 Å². The van der Waals surface area contributed by atoms with Crippen LogP contribution in [-0.2, 0) is 11.3 Å². The molecule has 164 valence electrons. The Labute approximate surface area is 202 Å². The quantitative estimate of drug-likeness (QED) is 0.247. The predicted octanol–water partition coefficient (Wildman–Crippen LogP) is 7.16. The number of anilines is 1. The van der Waals surface area contributed by atoms with Gasteiger partial charge in [-0.1, -0.05) is 59.6 Å². The van der Waals surface area contributed by atoms with Gasteiger partial charge in [0.2, 0.25) is 0 Å². The Bertz CT molecular complexity index is 1440. The third kappa shape index (κ3) is 4.96. The van der Waals surface area contributed by atoms with Gasteiger partial charge in [-0.2, -0.15) is 5.26 Å². The van der Waals surface area contributed by atoms with E-state index in [1.54, 1.807) is 18.2 Å². The smallest absolute Gasteiger partial charge is 0.266 e. The maximum absolute atomic E-state index is 12.9. The Balaban J connectivity index is 1.70. The van der Waals surface area contributed by atoms with Gasteiger partial charge in [0.25, 0.3) is 5.91 Å². The fraction of sp³-hybridized carbons (Fsp3) is 0.111. The summed E-state index contributed by atoms with van der Waals surface area (Å²) in [4.78, 5) is 12.9. The molecule has 0 aliphatic rings. The lowest BCUT2D eigenvalue weighted by atomic mass is 10.1. The number of para-hydroxylation sites is 1. The molecule has 0 unspecified atom stereocenters. The Morgan fingerprint density at radius 3 is 2.64 bits per heavy atom. The molecular weight excluding hydrogens is 453 g/mol. The van der Waals surface area contributed by atoms with E-state index < -0.39 is 5.91 Å². The summed E-state index contributed by atoms with van der Waals surface area (Å²) in [5.74, 6) is -0.441. The number of carbonyl (C=O) groups excluding carboxylic acids is 1. The second-order valence-corrected chi connectivity index (χ2v) is 8.75. The fourth-order valence-corrected chi connectivity index (χ4v) is 4.19. The molecule has 4 rings (SSSR count). The molecule has 0 fully saturated rings. The maximum Gasteiger partial charge on any atom is 0.266 e. The van der Waals surface area contributed by atoms with Crippen molar-refractivity contribution in [1.29, 1.82) is 5.26 Å². The number of hydrogen-bond acceptors (Lipinski definition) is 2. The van der Waals surface area contributed by atoms with E-state index >= 15 is 0 Å². The second kappa shape index (κ2) is 9.54. The Morgan fingerprint density at radius 1 is 1.09 bits per heavy atom. The van der Waals surface area contributed by atoms with Crippen molar-refractivity contribution in [3.05, 3.63) is 105 Å². The maximum atomic E-state index is 12.9. The summed E-state index contributed by atoms with van der Waals surface area (Å²) >= 11 is 12.4.